The first-order valence-electron chi connectivity index (χ1n) is 9.22. The van der Waals surface area contributed by atoms with E-state index >= 15 is 0 Å². The van der Waals surface area contributed by atoms with Gasteiger partial charge in [-0.2, -0.15) is 0 Å². The number of ether oxygens (including phenoxy) is 2. The standard InChI is InChI=1S/C21H29N3O3/c1-5-24(6-2)18-10-7-16(8-11-18)23-21(25)13-14-22-17-9-12-19(26-3)20(15-17)27-4/h7-12,15,22H,5-6,13-14H2,1-4H3,(H,23,25). The molecule has 146 valence electrons. The molecule has 0 unspecified atom stereocenters. The first-order chi connectivity index (χ1) is 13.1. The third kappa shape index (κ3) is 5.81. The van der Waals surface area contributed by atoms with E-state index in [9.17, 15) is 4.79 Å². The summed E-state index contributed by atoms with van der Waals surface area (Å²) in [7, 11) is 3.20. The fourth-order valence-electron chi connectivity index (χ4n) is 2.83. The van der Waals surface area contributed by atoms with Crippen molar-refractivity contribution in [2.75, 3.05) is 49.4 Å². The van der Waals surface area contributed by atoms with Crippen molar-refractivity contribution in [3.05, 3.63) is 42.5 Å². The van der Waals surface area contributed by atoms with E-state index in [1.807, 2.05) is 42.5 Å². The molecule has 2 rings (SSSR count). The molecule has 2 aromatic rings. The maximum Gasteiger partial charge on any atom is 0.226 e. The van der Waals surface area contributed by atoms with Gasteiger partial charge in [-0.05, 0) is 50.2 Å². The number of hydrogen-bond acceptors (Lipinski definition) is 5. The Bertz CT molecular complexity index is 728. The number of nitrogens with one attached hydrogen (secondary N) is 2. The Morgan fingerprint density at radius 3 is 2.15 bits per heavy atom. The van der Waals surface area contributed by atoms with Crippen LogP contribution < -0.4 is 25.0 Å². The van der Waals surface area contributed by atoms with Crippen molar-refractivity contribution >= 4 is 23.0 Å². The van der Waals surface area contributed by atoms with Crippen LogP contribution in [0.1, 0.15) is 20.3 Å². The molecule has 0 radical (unpaired) electrons. The number of anilines is 3. The van der Waals surface area contributed by atoms with Crippen LogP contribution in [0.5, 0.6) is 11.5 Å². The summed E-state index contributed by atoms with van der Waals surface area (Å²) in [6.45, 7) is 6.71. The molecule has 0 spiro atoms. The van der Waals surface area contributed by atoms with Crippen LogP contribution >= 0.6 is 0 Å². The van der Waals surface area contributed by atoms with Gasteiger partial charge in [0.25, 0.3) is 0 Å². The second-order valence-electron chi connectivity index (χ2n) is 6.01. The summed E-state index contributed by atoms with van der Waals surface area (Å²) >= 11 is 0. The molecule has 0 aliphatic heterocycles. The van der Waals surface area contributed by atoms with Crippen molar-refractivity contribution in [1.82, 2.24) is 0 Å². The molecule has 1 amide bonds. The van der Waals surface area contributed by atoms with Gasteiger partial charge in [0, 0.05) is 49.2 Å². The Morgan fingerprint density at radius 1 is 0.926 bits per heavy atom. The third-order valence-electron chi connectivity index (χ3n) is 4.34. The van der Waals surface area contributed by atoms with E-state index in [4.69, 9.17) is 9.47 Å². The first kappa shape index (κ1) is 20.4. The van der Waals surface area contributed by atoms with Gasteiger partial charge in [-0.15, -0.1) is 0 Å². The van der Waals surface area contributed by atoms with Gasteiger partial charge in [-0.25, -0.2) is 0 Å². The van der Waals surface area contributed by atoms with E-state index in [0.29, 0.717) is 24.5 Å². The molecule has 6 heteroatoms. The lowest BCUT2D eigenvalue weighted by atomic mass is 10.2. The Morgan fingerprint density at radius 2 is 1.56 bits per heavy atom. The maximum absolute atomic E-state index is 12.2. The second-order valence-corrected chi connectivity index (χ2v) is 6.01. The molecule has 0 aliphatic carbocycles. The highest BCUT2D eigenvalue weighted by molar-refractivity contribution is 5.91. The smallest absolute Gasteiger partial charge is 0.226 e. The molecule has 27 heavy (non-hydrogen) atoms. The molecule has 0 fully saturated rings. The quantitative estimate of drug-likeness (QED) is 0.661. The summed E-state index contributed by atoms with van der Waals surface area (Å²) in [4.78, 5) is 14.4. The fourth-order valence-corrected chi connectivity index (χ4v) is 2.83. The van der Waals surface area contributed by atoms with Crippen LogP contribution in [0.15, 0.2) is 42.5 Å². The Balaban J connectivity index is 1.82. The molecule has 2 aromatic carbocycles. The summed E-state index contributed by atoms with van der Waals surface area (Å²) in [5.74, 6) is 1.30. The number of nitrogens with zero attached hydrogens (tertiary/aromatic N) is 1. The lowest BCUT2D eigenvalue weighted by Gasteiger charge is -2.21. The van der Waals surface area contributed by atoms with E-state index in [2.05, 4.69) is 29.4 Å². The van der Waals surface area contributed by atoms with Crippen LogP contribution in [-0.2, 0) is 4.79 Å². The molecule has 0 saturated heterocycles. The van der Waals surface area contributed by atoms with Crippen molar-refractivity contribution in [2.45, 2.75) is 20.3 Å². The lowest BCUT2D eigenvalue weighted by Crippen LogP contribution is -2.21. The van der Waals surface area contributed by atoms with Gasteiger partial charge < -0.3 is 25.0 Å². The zero-order chi connectivity index (χ0) is 19.6. The van der Waals surface area contributed by atoms with Crippen molar-refractivity contribution in [2.24, 2.45) is 0 Å². The topological polar surface area (TPSA) is 62.8 Å². The molecule has 6 nitrogen and oxygen atoms in total. The van der Waals surface area contributed by atoms with Gasteiger partial charge in [-0.1, -0.05) is 0 Å². The maximum atomic E-state index is 12.2. The number of rotatable bonds is 10. The fraction of sp³-hybridized carbons (Fsp3) is 0.381. The zero-order valence-corrected chi connectivity index (χ0v) is 16.5. The van der Waals surface area contributed by atoms with Crippen LogP contribution in [0, 0.1) is 0 Å². The molecule has 0 heterocycles. The van der Waals surface area contributed by atoms with E-state index in [1.54, 1.807) is 14.2 Å². The largest absolute Gasteiger partial charge is 0.493 e. The SMILES string of the molecule is CCN(CC)c1ccc(NC(=O)CCNc2ccc(OC)c(OC)c2)cc1. The van der Waals surface area contributed by atoms with Crippen LogP contribution in [0.25, 0.3) is 0 Å². The monoisotopic (exact) mass is 371 g/mol. The summed E-state index contributed by atoms with van der Waals surface area (Å²) in [6.07, 6.45) is 0.367. The van der Waals surface area contributed by atoms with Gasteiger partial charge in [0.1, 0.15) is 0 Å². The van der Waals surface area contributed by atoms with Crippen LogP contribution in [-0.4, -0.2) is 39.8 Å². The summed E-state index contributed by atoms with van der Waals surface area (Å²) in [5.41, 5.74) is 2.85. The Kier molecular flexibility index (Phi) is 7.79. The van der Waals surface area contributed by atoms with Crippen LogP contribution in [0.3, 0.4) is 0 Å². The van der Waals surface area contributed by atoms with Crippen molar-refractivity contribution in [3.8, 4) is 11.5 Å². The molecular weight excluding hydrogens is 342 g/mol. The Labute approximate surface area is 161 Å². The number of carbonyl (C=O) groups excluding carboxylic acids is 1. The summed E-state index contributed by atoms with van der Waals surface area (Å²) in [6, 6.07) is 13.5. The predicted octanol–water partition coefficient (Wildman–Crippen LogP) is 3.99. The molecule has 0 aliphatic rings. The molecular formula is C21H29N3O3. The summed E-state index contributed by atoms with van der Waals surface area (Å²) < 4.78 is 10.5. The van der Waals surface area contributed by atoms with Gasteiger partial charge in [0.15, 0.2) is 11.5 Å². The third-order valence-corrected chi connectivity index (χ3v) is 4.34. The predicted molar refractivity (Wildman–Crippen MR) is 111 cm³/mol. The second kappa shape index (κ2) is 10.3. The molecule has 0 bridgehead atoms. The van der Waals surface area contributed by atoms with Crippen LogP contribution in [0.2, 0.25) is 0 Å². The molecule has 0 atom stereocenters. The minimum atomic E-state index is -0.0291. The van der Waals surface area contributed by atoms with Gasteiger partial charge in [-0.3, -0.25) is 4.79 Å². The highest BCUT2D eigenvalue weighted by atomic mass is 16.5. The summed E-state index contributed by atoms with van der Waals surface area (Å²) in [5, 5.41) is 6.15. The van der Waals surface area contributed by atoms with Gasteiger partial charge >= 0.3 is 0 Å². The van der Waals surface area contributed by atoms with E-state index in [-0.39, 0.29) is 5.91 Å². The number of methoxy groups -OCH3 is 2. The van der Waals surface area contributed by atoms with E-state index in [1.165, 1.54) is 0 Å². The highest BCUT2D eigenvalue weighted by Gasteiger charge is 2.07. The zero-order valence-electron chi connectivity index (χ0n) is 16.5. The number of benzene rings is 2. The normalized spacial score (nSPS) is 10.2. The lowest BCUT2D eigenvalue weighted by molar-refractivity contribution is -0.115. The first-order valence-corrected chi connectivity index (χ1v) is 9.22. The Hall–Kier alpha value is -2.89. The van der Waals surface area contributed by atoms with Crippen molar-refractivity contribution in [1.29, 1.82) is 0 Å². The average molecular weight is 371 g/mol. The van der Waals surface area contributed by atoms with Crippen molar-refractivity contribution < 1.29 is 14.3 Å². The van der Waals surface area contributed by atoms with Gasteiger partial charge in [0.2, 0.25) is 5.91 Å². The highest BCUT2D eigenvalue weighted by Crippen LogP contribution is 2.29. The molecule has 0 aromatic heterocycles. The number of amides is 1. The molecule has 0 saturated carbocycles. The average Bonchev–Trinajstić information content (AvgIpc) is 2.70. The number of hydrogen-bond donors (Lipinski definition) is 2. The molecule has 2 N–H and O–H groups in total. The van der Waals surface area contributed by atoms with E-state index < -0.39 is 0 Å². The van der Waals surface area contributed by atoms with Crippen molar-refractivity contribution in [3.63, 3.8) is 0 Å². The van der Waals surface area contributed by atoms with E-state index in [0.717, 1.165) is 30.2 Å². The number of carbonyl (C=O) groups is 1. The minimum Gasteiger partial charge on any atom is -0.493 e. The minimum absolute atomic E-state index is 0.0291. The van der Waals surface area contributed by atoms with Crippen LogP contribution in [0.4, 0.5) is 17.1 Å². The van der Waals surface area contributed by atoms with Gasteiger partial charge in [0.05, 0.1) is 14.2 Å².